The second-order valence-corrected chi connectivity index (χ2v) is 5.92. The minimum absolute atomic E-state index is 0.158. The van der Waals surface area contributed by atoms with Crippen LogP contribution in [0.25, 0.3) is 0 Å². The Hall–Kier alpha value is -2.38. The standard InChI is InChI=1S/C16H16ClN3O3S/c1-2-7-18-16-20-13(10-24-16)15(22)23-9-14(21)19-8-11-5-3-4-6-12(11)17/h2-6,10H,1,7-9H2,(H,18,20)(H,19,21). The van der Waals surface area contributed by atoms with E-state index in [1.165, 1.54) is 11.3 Å². The minimum Gasteiger partial charge on any atom is -0.451 e. The first kappa shape index (κ1) is 18.0. The summed E-state index contributed by atoms with van der Waals surface area (Å²) in [6, 6.07) is 7.18. The van der Waals surface area contributed by atoms with E-state index in [0.29, 0.717) is 16.7 Å². The van der Waals surface area contributed by atoms with Crippen LogP contribution in [-0.4, -0.2) is 30.0 Å². The topological polar surface area (TPSA) is 80.3 Å². The predicted octanol–water partition coefficient (Wildman–Crippen LogP) is 2.87. The summed E-state index contributed by atoms with van der Waals surface area (Å²) in [4.78, 5) is 27.6. The number of nitrogens with zero attached hydrogens (tertiary/aromatic N) is 1. The number of amides is 1. The fourth-order valence-electron chi connectivity index (χ4n) is 1.70. The number of hydrogen-bond donors (Lipinski definition) is 2. The third-order valence-corrected chi connectivity index (χ3v) is 4.05. The third-order valence-electron chi connectivity index (χ3n) is 2.88. The molecule has 2 aromatic rings. The normalized spacial score (nSPS) is 10.0. The number of esters is 1. The largest absolute Gasteiger partial charge is 0.451 e. The molecule has 24 heavy (non-hydrogen) atoms. The van der Waals surface area contributed by atoms with Gasteiger partial charge >= 0.3 is 5.97 Å². The van der Waals surface area contributed by atoms with Crippen molar-refractivity contribution in [2.45, 2.75) is 6.54 Å². The first-order valence-corrected chi connectivity index (χ1v) is 8.33. The highest BCUT2D eigenvalue weighted by Crippen LogP contribution is 2.16. The maximum atomic E-state index is 11.8. The molecule has 0 aliphatic carbocycles. The van der Waals surface area contributed by atoms with Gasteiger partial charge in [-0.05, 0) is 11.6 Å². The van der Waals surface area contributed by atoms with Crippen LogP contribution in [0.1, 0.15) is 16.1 Å². The number of aromatic nitrogens is 1. The Balaban J connectivity index is 1.76. The van der Waals surface area contributed by atoms with Crippen LogP contribution in [0.2, 0.25) is 5.02 Å². The molecule has 0 aliphatic heterocycles. The van der Waals surface area contributed by atoms with Gasteiger partial charge in [0.2, 0.25) is 0 Å². The van der Waals surface area contributed by atoms with E-state index in [0.717, 1.165) is 5.56 Å². The summed E-state index contributed by atoms with van der Waals surface area (Å²) in [7, 11) is 0. The molecule has 0 radical (unpaired) electrons. The minimum atomic E-state index is -0.647. The maximum absolute atomic E-state index is 11.8. The lowest BCUT2D eigenvalue weighted by atomic mass is 10.2. The fraction of sp³-hybridized carbons (Fsp3) is 0.188. The molecule has 0 fully saturated rings. The zero-order chi connectivity index (χ0) is 17.4. The Morgan fingerprint density at radius 3 is 2.92 bits per heavy atom. The number of halogens is 1. The molecule has 0 saturated carbocycles. The molecule has 1 aromatic carbocycles. The number of ether oxygens (including phenoxy) is 1. The van der Waals surface area contributed by atoms with Gasteiger partial charge in [0.25, 0.3) is 5.91 Å². The van der Waals surface area contributed by atoms with E-state index in [-0.39, 0.29) is 18.8 Å². The van der Waals surface area contributed by atoms with Crippen LogP contribution in [0.4, 0.5) is 5.13 Å². The first-order chi connectivity index (χ1) is 11.6. The Labute approximate surface area is 148 Å². The average Bonchev–Trinajstić information content (AvgIpc) is 3.06. The van der Waals surface area contributed by atoms with E-state index in [9.17, 15) is 9.59 Å². The second-order valence-electron chi connectivity index (χ2n) is 4.65. The molecule has 2 rings (SSSR count). The van der Waals surface area contributed by atoms with Crippen molar-refractivity contribution in [1.29, 1.82) is 0 Å². The number of anilines is 1. The van der Waals surface area contributed by atoms with Gasteiger partial charge in [0.1, 0.15) is 0 Å². The molecule has 6 nitrogen and oxygen atoms in total. The molecule has 126 valence electrons. The van der Waals surface area contributed by atoms with Crippen molar-refractivity contribution in [3.05, 3.63) is 58.6 Å². The summed E-state index contributed by atoms with van der Waals surface area (Å²) in [5, 5.41) is 8.33. The van der Waals surface area contributed by atoms with E-state index >= 15 is 0 Å². The third kappa shape index (κ3) is 5.36. The summed E-state index contributed by atoms with van der Waals surface area (Å²) in [6.07, 6.45) is 1.68. The van der Waals surface area contributed by atoms with Crippen LogP contribution >= 0.6 is 22.9 Å². The number of carbonyl (C=O) groups is 2. The Kier molecular flexibility index (Phi) is 6.77. The highest BCUT2D eigenvalue weighted by atomic mass is 35.5. The predicted molar refractivity (Wildman–Crippen MR) is 94.4 cm³/mol. The van der Waals surface area contributed by atoms with Gasteiger partial charge in [-0.2, -0.15) is 0 Å². The van der Waals surface area contributed by atoms with Crippen molar-refractivity contribution in [2.75, 3.05) is 18.5 Å². The number of hydrogen-bond acceptors (Lipinski definition) is 6. The molecule has 2 N–H and O–H groups in total. The smallest absolute Gasteiger partial charge is 0.358 e. The molecule has 0 unspecified atom stereocenters. The van der Waals surface area contributed by atoms with Gasteiger partial charge in [0, 0.05) is 23.5 Å². The van der Waals surface area contributed by atoms with Crippen molar-refractivity contribution in [3.63, 3.8) is 0 Å². The Bertz CT molecular complexity index is 733. The maximum Gasteiger partial charge on any atom is 0.358 e. The zero-order valence-electron chi connectivity index (χ0n) is 12.8. The van der Waals surface area contributed by atoms with Crippen molar-refractivity contribution >= 4 is 39.9 Å². The van der Waals surface area contributed by atoms with E-state index < -0.39 is 11.9 Å². The summed E-state index contributed by atoms with van der Waals surface area (Å²) in [5.41, 5.74) is 0.946. The molecule has 0 aliphatic rings. The van der Waals surface area contributed by atoms with Crippen LogP contribution in [0, 0.1) is 0 Å². The number of nitrogens with one attached hydrogen (secondary N) is 2. The molecular formula is C16H16ClN3O3S. The van der Waals surface area contributed by atoms with Crippen LogP contribution < -0.4 is 10.6 Å². The molecule has 0 spiro atoms. The van der Waals surface area contributed by atoms with Crippen LogP contribution in [0.3, 0.4) is 0 Å². The van der Waals surface area contributed by atoms with Crippen molar-refractivity contribution in [3.8, 4) is 0 Å². The zero-order valence-corrected chi connectivity index (χ0v) is 14.3. The van der Waals surface area contributed by atoms with Gasteiger partial charge in [-0.1, -0.05) is 35.9 Å². The fourth-order valence-corrected chi connectivity index (χ4v) is 2.59. The van der Waals surface area contributed by atoms with Gasteiger partial charge in [0.05, 0.1) is 0 Å². The molecule has 0 saturated heterocycles. The van der Waals surface area contributed by atoms with E-state index in [2.05, 4.69) is 22.2 Å². The molecule has 1 heterocycles. The SMILES string of the molecule is C=CCNc1nc(C(=O)OCC(=O)NCc2ccccc2Cl)cs1. The number of benzene rings is 1. The first-order valence-electron chi connectivity index (χ1n) is 7.07. The molecule has 1 amide bonds. The Morgan fingerprint density at radius 2 is 2.17 bits per heavy atom. The molecule has 8 heteroatoms. The highest BCUT2D eigenvalue weighted by molar-refractivity contribution is 7.13. The number of thiazole rings is 1. The van der Waals surface area contributed by atoms with Gasteiger partial charge in [0.15, 0.2) is 17.4 Å². The highest BCUT2D eigenvalue weighted by Gasteiger charge is 2.14. The number of rotatable bonds is 8. The molecule has 1 aromatic heterocycles. The number of carbonyl (C=O) groups excluding carboxylic acids is 2. The summed E-state index contributed by atoms with van der Waals surface area (Å²) >= 11 is 7.27. The van der Waals surface area contributed by atoms with Gasteiger partial charge in [-0.3, -0.25) is 4.79 Å². The van der Waals surface area contributed by atoms with Crippen molar-refractivity contribution in [2.24, 2.45) is 0 Å². The Morgan fingerprint density at radius 1 is 1.38 bits per heavy atom. The van der Waals surface area contributed by atoms with E-state index in [1.807, 2.05) is 12.1 Å². The molecule has 0 bridgehead atoms. The summed E-state index contributed by atoms with van der Waals surface area (Å²) in [6.45, 7) is 4.02. The second kappa shape index (κ2) is 9.05. The monoisotopic (exact) mass is 365 g/mol. The van der Waals surface area contributed by atoms with Crippen LogP contribution in [0.15, 0.2) is 42.3 Å². The summed E-state index contributed by atoms with van der Waals surface area (Å²) in [5.74, 6) is -1.06. The molecular weight excluding hydrogens is 350 g/mol. The molecule has 0 atom stereocenters. The van der Waals surface area contributed by atoms with Gasteiger partial charge in [-0.15, -0.1) is 17.9 Å². The quantitative estimate of drug-likeness (QED) is 0.555. The van der Waals surface area contributed by atoms with Crippen LogP contribution in [0.5, 0.6) is 0 Å². The van der Waals surface area contributed by atoms with Crippen molar-refractivity contribution < 1.29 is 14.3 Å². The average molecular weight is 366 g/mol. The summed E-state index contributed by atoms with van der Waals surface area (Å²) < 4.78 is 4.94. The van der Waals surface area contributed by atoms with Crippen molar-refractivity contribution in [1.82, 2.24) is 10.3 Å². The van der Waals surface area contributed by atoms with Crippen LogP contribution in [-0.2, 0) is 16.1 Å². The lowest BCUT2D eigenvalue weighted by Gasteiger charge is -2.07. The van der Waals surface area contributed by atoms with Gasteiger partial charge < -0.3 is 15.4 Å². The van der Waals surface area contributed by atoms with Gasteiger partial charge in [-0.25, -0.2) is 9.78 Å². The lowest BCUT2D eigenvalue weighted by molar-refractivity contribution is -0.124. The van der Waals surface area contributed by atoms with E-state index in [1.54, 1.807) is 23.6 Å². The lowest BCUT2D eigenvalue weighted by Crippen LogP contribution is -2.28. The van der Waals surface area contributed by atoms with E-state index in [4.69, 9.17) is 16.3 Å².